The smallest absolute Gasteiger partial charge is 0.296 e. The van der Waals surface area contributed by atoms with Crippen LogP contribution < -0.4 is 5.32 Å². The predicted octanol–water partition coefficient (Wildman–Crippen LogP) is 3.02. The Kier molecular flexibility index (Phi) is 3.63. The minimum atomic E-state index is -0.559. The Morgan fingerprint density at radius 3 is 2.94 bits per heavy atom. The molecule has 6 nitrogen and oxygen atoms in total. The van der Waals surface area contributed by atoms with Crippen molar-refractivity contribution >= 4 is 34.3 Å². The van der Waals surface area contributed by atoms with E-state index in [0.29, 0.717) is 16.6 Å². The monoisotopic (exact) mass is 285 g/mol. The number of nitro groups is 1. The fraction of sp³-hybridized carbons (Fsp3) is 0.100. The molecule has 2 rings (SSSR count). The highest BCUT2D eigenvalue weighted by Gasteiger charge is 2.14. The fourth-order valence-electron chi connectivity index (χ4n) is 1.36. The molecule has 0 saturated carbocycles. The Balaban J connectivity index is 2.16. The minimum Gasteiger partial charge on any atom is -0.508 e. The van der Waals surface area contributed by atoms with Gasteiger partial charge in [-0.1, -0.05) is 11.6 Å². The van der Waals surface area contributed by atoms with Crippen LogP contribution in [0, 0.1) is 10.1 Å². The highest BCUT2D eigenvalue weighted by Crippen LogP contribution is 2.29. The number of phenols is 1. The highest BCUT2D eigenvalue weighted by molar-refractivity contribution is 7.15. The van der Waals surface area contributed by atoms with Gasteiger partial charge in [0.1, 0.15) is 20.8 Å². The molecule has 0 radical (unpaired) electrons. The van der Waals surface area contributed by atoms with E-state index in [2.05, 4.69) is 10.3 Å². The zero-order valence-corrected chi connectivity index (χ0v) is 10.5. The van der Waals surface area contributed by atoms with Gasteiger partial charge in [-0.15, -0.1) is 11.3 Å². The van der Waals surface area contributed by atoms with Gasteiger partial charge in [0.2, 0.25) is 0 Å². The molecule has 0 bridgehead atoms. The summed E-state index contributed by atoms with van der Waals surface area (Å²) in [6.45, 7) is 0.336. The second-order valence-corrected chi connectivity index (χ2v) is 5.12. The number of rotatable bonds is 4. The van der Waals surface area contributed by atoms with Gasteiger partial charge in [0, 0.05) is 0 Å². The number of nitrogens with zero attached hydrogens (tertiary/aromatic N) is 2. The number of nitro benzene ring substituents is 1. The number of aromatic nitrogens is 1. The van der Waals surface area contributed by atoms with E-state index in [-0.39, 0.29) is 11.4 Å². The van der Waals surface area contributed by atoms with Gasteiger partial charge in [-0.3, -0.25) is 10.1 Å². The van der Waals surface area contributed by atoms with Crippen molar-refractivity contribution in [1.82, 2.24) is 4.98 Å². The first kappa shape index (κ1) is 12.6. The molecule has 0 aliphatic carbocycles. The highest BCUT2D eigenvalue weighted by atomic mass is 35.5. The third-order valence-corrected chi connectivity index (χ3v) is 3.25. The van der Waals surface area contributed by atoms with Crippen molar-refractivity contribution in [2.24, 2.45) is 0 Å². The van der Waals surface area contributed by atoms with Gasteiger partial charge in [-0.25, -0.2) is 4.98 Å². The molecule has 0 atom stereocenters. The van der Waals surface area contributed by atoms with E-state index in [1.165, 1.54) is 29.7 Å². The van der Waals surface area contributed by atoms with Gasteiger partial charge in [-0.05, 0) is 12.1 Å². The lowest BCUT2D eigenvalue weighted by atomic mass is 10.2. The number of phenolic OH excluding ortho intramolecular Hbond substituents is 1. The fourth-order valence-corrected chi connectivity index (χ4v) is 2.26. The molecule has 2 aromatic rings. The number of benzene rings is 1. The Labute approximate surface area is 111 Å². The Morgan fingerprint density at radius 2 is 2.33 bits per heavy atom. The zero-order valence-electron chi connectivity index (χ0n) is 8.96. The SMILES string of the molecule is O=[N+]([O-])c1cc(O)ccc1NCc1ncc(Cl)s1. The van der Waals surface area contributed by atoms with E-state index in [1.807, 2.05) is 0 Å². The molecule has 18 heavy (non-hydrogen) atoms. The van der Waals surface area contributed by atoms with Gasteiger partial charge in [-0.2, -0.15) is 0 Å². The summed E-state index contributed by atoms with van der Waals surface area (Å²) in [5.74, 6) is -0.149. The van der Waals surface area contributed by atoms with E-state index in [9.17, 15) is 15.2 Å². The minimum absolute atomic E-state index is 0.149. The van der Waals surface area contributed by atoms with Gasteiger partial charge in [0.05, 0.1) is 23.7 Å². The van der Waals surface area contributed by atoms with Crippen LogP contribution >= 0.6 is 22.9 Å². The average Bonchev–Trinajstić information content (AvgIpc) is 2.73. The summed E-state index contributed by atoms with van der Waals surface area (Å²) in [6.07, 6.45) is 1.52. The standard InChI is InChI=1S/C10H8ClN3O3S/c11-9-4-13-10(18-9)5-12-7-2-1-6(15)3-8(7)14(16)17/h1-4,12,15H,5H2. The molecule has 0 aliphatic heterocycles. The maximum Gasteiger partial charge on any atom is 0.296 e. The average molecular weight is 286 g/mol. The van der Waals surface area contributed by atoms with E-state index in [0.717, 1.165) is 11.1 Å². The molecule has 1 aromatic heterocycles. The van der Waals surface area contributed by atoms with Crippen LogP contribution in [0.15, 0.2) is 24.4 Å². The molecule has 1 aromatic carbocycles. The number of nitrogens with one attached hydrogen (secondary N) is 1. The zero-order chi connectivity index (χ0) is 13.1. The molecule has 0 spiro atoms. The summed E-state index contributed by atoms with van der Waals surface area (Å²) in [4.78, 5) is 14.3. The topological polar surface area (TPSA) is 88.3 Å². The molecule has 2 N–H and O–H groups in total. The number of halogens is 1. The van der Waals surface area contributed by atoms with Gasteiger partial charge >= 0.3 is 0 Å². The van der Waals surface area contributed by atoms with Crippen LogP contribution in [0.2, 0.25) is 4.34 Å². The lowest BCUT2D eigenvalue weighted by Crippen LogP contribution is -2.02. The van der Waals surface area contributed by atoms with Crippen LogP contribution in [-0.2, 0) is 6.54 Å². The summed E-state index contributed by atoms with van der Waals surface area (Å²) in [6, 6.07) is 3.92. The number of anilines is 1. The maximum absolute atomic E-state index is 10.8. The normalized spacial score (nSPS) is 10.3. The Morgan fingerprint density at radius 1 is 1.56 bits per heavy atom. The predicted molar refractivity (Wildman–Crippen MR) is 69.2 cm³/mol. The third kappa shape index (κ3) is 2.88. The van der Waals surface area contributed by atoms with Gasteiger partial charge < -0.3 is 10.4 Å². The van der Waals surface area contributed by atoms with Crippen LogP contribution in [0.4, 0.5) is 11.4 Å². The number of hydrogen-bond acceptors (Lipinski definition) is 6. The first-order valence-corrected chi connectivity index (χ1v) is 6.07. The van der Waals surface area contributed by atoms with Gasteiger partial charge in [0.15, 0.2) is 0 Å². The first-order chi connectivity index (χ1) is 8.56. The molecule has 0 saturated heterocycles. The second-order valence-electron chi connectivity index (χ2n) is 3.37. The van der Waals surface area contributed by atoms with Crippen molar-refractivity contribution in [3.05, 3.63) is 43.9 Å². The summed E-state index contributed by atoms with van der Waals surface area (Å²) in [5, 5.41) is 23.6. The van der Waals surface area contributed by atoms with Crippen molar-refractivity contribution in [3.8, 4) is 5.75 Å². The molecule has 0 aliphatic rings. The van der Waals surface area contributed by atoms with E-state index in [4.69, 9.17) is 11.6 Å². The molecule has 8 heteroatoms. The van der Waals surface area contributed by atoms with Crippen molar-refractivity contribution in [1.29, 1.82) is 0 Å². The second kappa shape index (κ2) is 5.19. The third-order valence-electron chi connectivity index (χ3n) is 2.13. The van der Waals surface area contributed by atoms with Crippen LogP contribution in [0.25, 0.3) is 0 Å². The Hall–Kier alpha value is -1.86. The summed E-state index contributed by atoms with van der Waals surface area (Å²) in [5.41, 5.74) is 0.141. The largest absolute Gasteiger partial charge is 0.508 e. The lowest BCUT2D eigenvalue weighted by molar-refractivity contribution is -0.384. The van der Waals surface area contributed by atoms with Crippen LogP contribution in [0.1, 0.15) is 5.01 Å². The molecule has 1 heterocycles. The Bertz CT molecular complexity index is 587. The van der Waals surface area contributed by atoms with E-state index < -0.39 is 4.92 Å². The van der Waals surface area contributed by atoms with Crippen molar-refractivity contribution in [3.63, 3.8) is 0 Å². The quantitative estimate of drug-likeness (QED) is 0.512. The maximum atomic E-state index is 10.8. The van der Waals surface area contributed by atoms with Crippen LogP contribution in [0.3, 0.4) is 0 Å². The van der Waals surface area contributed by atoms with E-state index in [1.54, 1.807) is 0 Å². The van der Waals surface area contributed by atoms with Crippen molar-refractivity contribution < 1.29 is 10.0 Å². The lowest BCUT2D eigenvalue weighted by Gasteiger charge is -2.05. The summed E-state index contributed by atoms with van der Waals surface area (Å²) in [7, 11) is 0. The number of aromatic hydroxyl groups is 1. The molecule has 0 fully saturated rings. The van der Waals surface area contributed by atoms with Crippen LogP contribution in [-0.4, -0.2) is 15.0 Å². The molecule has 0 unspecified atom stereocenters. The molecule has 94 valence electrons. The molecular formula is C10H8ClN3O3S. The first-order valence-electron chi connectivity index (χ1n) is 4.88. The number of thiazole rings is 1. The van der Waals surface area contributed by atoms with E-state index >= 15 is 0 Å². The molecule has 0 amide bonds. The summed E-state index contributed by atoms with van der Waals surface area (Å²) >= 11 is 7.03. The van der Waals surface area contributed by atoms with Crippen molar-refractivity contribution in [2.75, 3.05) is 5.32 Å². The van der Waals surface area contributed by atoms with Crippen LogP contribution in [0.5, 0.6) is 5.75 Å². The van der Waals surface area contributed by atoms with Gasteiger partial charge in [0.25, 0.3) is 5.69 Å². The summed E-state index contributed by atoms with van der Waals surface area (Å²) < 4.78 is 0.562. The van der Waals surface area contributed by atoms with Crippen molar-refractivity contribution in [2.45, 2.75) is 6.54 Å². The number of hydrogen-bond donors (Lipinski definition) is 2. The molecular weight excluding hydrogens is 278 g/mol.